The van der Waals surface area contributed by atoms with Gasteiger partial charge in [-0.1, -0.05) is 31.4 Å². The van der Waals surface area contributed by atoms with Crippen LogP contribution in [0.2, 0.25) is 0 Å². The molecule has 1 amide bonds. The molecule has 1 aliphatic rings. The summed E-state index contributed by atoms with van der Waals surface area (Å²) >= 11 is 0. The highest BCUT2D eigenvalue weighted by atomic mass is 16.6. The average molecular weight is 328 g/mol. The van der Waals surface area contributed by atoms with Gasteiger partial charge in [0.15, 0.2) is 0 Å². The first-order valence-electron chi connectivity index (χ1n) is 8.20. The van der Waals surface area contributed by atoms with Crippen LogP contribution in [0.3, 0.4) is 0 Å². The molecule has 2 aromatic rings. The van der Waals surface area contributed by atoms with E-state index in [4.69, 9.17) is 0 Å². The van der Waals surface area contributed by atoms with E-state index in [9.17, 15) is 14.9 Å². The summed E-state index contributed by atoms with van der Waals surface area (Å²) in [5.41, 5.74) is 0.761. The van der Waals surface area contributed by atoms with Crippen LogP contribution in [0, 0.1) is 10.1 Å². The van der Waals surface area contributed by atoms with Gasteiger partial charge in [0, 0.05) is 18.2 Å². The number of non-ortho nitro benzene ring substituents is 1. The molecule has 0 atom stereocenters. The molecule has 24 heavy (non-hydrogen) atoms. The maximum absolute atomic E-state index is 12.2. The van der Waals surface area contributed by atoms with Gasteiger partial charge in [-0.2, -0.15) is 5.10 Å². The van der Waals surface area contributed by atoms with Crippen LogP contribution < -0.4 is 5.32 Å². The number of aromatic nitrogens is 2. The van der Waals surface area contributed by atoms with Crippen LogP contribution in [0.25, 0.3) is 0 Å². The Labute approximate surface area is 139 Å². The van der Waals surface area contributed by atoms with Crippen molar-refractivity contribution in [2.75, 3.05) is 5.32 Å². The summed E-state index contributed by atoms with van der Waals surface area (Å²) in [5, 5.41) is 17.9. The van der Waals surface area contributed by atoms with Gasteiger partial charge in [0.05, 0.1) is 23.6 Å². The normalized spacial score (nSPS) is 15.2. The number of hydrogen-bond acceptors (Lipinski definition) is 4. The van der Waals surface area contributed by atoms with Crippen molar-refractivity contribution in [3.05, 3.63) is 52.2 Å². The summed E-state index contributed by atoms with van der Waals surface area (Å²) in [6, 6.07) is 8.20. The number of nitro groups is 1. The summed E-state index contributed by atoms with van der Waals surface area (Å²) < 4.78 is 1.91. The maximum Gasteiger partial charge on any atom is 0.269 e. The number of nitrogens with zero attached hydrogens (tertiary/aromatic N) is 3. The standard InChI is InChI=1S/C17H20N4O3/c22-17(12-13-6-8-15(9-7-13)21(23)24)19-16-10-11-18-20(16)14-4-2-1-3-5-14/h6-11,14H,1-5,12H2,(H,19,22). The lowest BCUT2D eigenvalue weighted by Crippen LogP contribution is -2.21. The lowest BCUT2D eigenvalue weighted by molar-refractivity contribution is -0.384. The van der Waals surface area contributed by atoms with E-state index >= 15 is 0 Å². The quantitative estimate of drug-likeness (QED) is 0.672. The number of hydrogen-bond donors (Lipinski definition) is 1. The van der Waals surface area contributed by atoms with E-state index in [1.54, 1.807) is 18.3 Å². The number of nitrogens with one attached hydrogen (secondary N) is 1. The van der Waals surface area contributed by atoms with Crippen molar-refractivity contribution in [2.45, 2.75) is 44.6 Å². The van der Waals surface area contributed by atoms with E-state index in [0.717, 1.165) is 18.4 Å². The molecule has 3 rings (SSSR count). The molecule has 0 spiro atoms. The number of benzene rings is 1. The van der Waals surface area contributed by atoms with Crippen LogP contribution in [0.1, 0.15) is 43.7 Å². The van der Waals surface area contributed by atoms with Crippen LogP contribution in [-0.2, 0) is 11.2 Å². The number of rotatable bonds is 5. The van der Waals surface area contributed by atoms with Gasteiger partial charge in [0.2, 0.25) is 5.91 Å². The fourth-order valence-corrected chi connectivity index (χ4v) is 3.14. The van der Waals surface area contributed by atoms with Crippen molar-refractivity contribution < 1.29 is 9.72 Å². The molecule has 1 aromatic carbocycles. The maximum atomic E-state index is 12.2. The monoisotopic (exact) mass is 328 g/mol. The molecule has 7 nitrogen and oxygen atoms in total. The van der Waals surface area contributed by atoms with Crippen molar-refractivity contribution in [2.24, 2.45) is 0 Å². The number of carbonyl (C=O) groups is 1. The fourth-order valence-electron chi connectivity index (χ4n) is 3.14. The Kier molecular flexibility index (Phi) is 4.88. The zero-order valence-corrected chi connectivity index (χ0v) is 13.4. The predicted octanol–water partition coefficient (Wildman–Crippen LogP) is 3.48. The van der Waals surface area contributed by atoms with Crippen LogP contribution in [0.5, 0.6) is 0 Å². The summed E-state index contributed by atoms with van der Waals surface area (Å²) in [5.74, 6) is 0.565. The molecule has 1 N–H and O–H groups in total. The van der Waals surface area contributed by atoms with Crippen LogP contribution in [0.4, 0.5) is 11.5 Å². The average Bonchev–Trinajstić information content (AvgIpc) is 3.04. The van der Waals surface area contributed by atoms with Crippen LogP contribution >= 0.6 is 0 Å². The molecular weight excluding hydrogens is 308 g/mol. The number of nitro benzene ring substituents is 1. The second-order valence-electron chi connectivity index (χ2n) is 6.10. The molecule has 7 heteroatoms. The van der Waals surface area contributed by atoms with Gasteiger partial charge in [0.1, 0.15) is 5.82 Å². The number of amides is 1. The van der Waals surface area contributed by atoms with Gasteiger partial charge in [-0.05, 0) is 18.4 Å². The molecule has 1 fully saturated rings. The van der Waals surface area contributed by atoms with Gasteiger partial charge < -0.3 is 5.32 Å². The SMILES string of the molecule is O=C(Cc1ccc([N+](=O)[O-])cc1)Nc1ccnn1C1CCCCC1. The number of anilines is 1. The minimum absolute atomic E-state index is 0.0227. The lowest BCUT2D eigenvalue weighted by Gasteiger charge is -2.23. The summed E-state index contributed by atoms with van der Waals surface area (Å²) in [6.07, 6.45) is 7.71. The van der Waals surface area contributed by atoms with E-state index in [2.05, 4.69) is 10.4 Å². The van der Waals surface area contributed by atoms with Gasteiger partial charge in [0.25, 0.3) is 5.69 Å². The van der Waals surface area contributed by atoms with Crippen molar-refractivity contribution in [1.82, 2.24) is 9.78 Å². The molecule has 126 valence electrons. The van der Waals surface area contributed by atoms with Crippen molar-refractivity contribution in [1.29, 1.82) is 0 Å². The van der Waals surface area contributed by atoms with E-state index in [1.807, 2.05) is 10.7 Å². The summed E-state index contributed by atoms with van der Waals surface area (Å²) in [7, 11) is 0. The summed E-state index contributed by atoms with van der Waals surface area (Å²) in [4.78, 5) is 22.4. The van der Waals surface area contributed by atoms with Gasteiger partial charge in [-0.3, -0.25) is 14.9 Å². The third-order valence-electron chi connectivity index (χ3n) is 4.37. The first-order chi connectivity index (χ1) is 11.6. The highest BCUT2D eigenvalue weighted by Crippen LogP contribution is 2.29. The second kappa shape index (κ2) is 7.25. The van der Waals surface area contributed by atoms with Gasteiger partial charge in [-0.25, -0.2) is 4.68 Å². The van der Waals surface area contributed by atoms with E-state index < -0.39 is 4.92 Å². The van der Waals surface area contributed by atoms with Crippen molar-refractivity contribution >= 4 is 17.4 Å². The largest absolute Gasteiger partial charge is 0.311 e. The zero-order valence-electron chi connectivity index (χ0n) is 13.4. The molecule has 0 bridgehead atoms. The lowest BCUT2D eigenvalue weighted by atomic mass is 9.96. The van der Waals surface area contributed by atoms with Crippen molar-refractivity contribution in [3.8, 4) is 0 Å². The predicted molar refractivity (Wildman–Crippen MR) is 89.8 cm³/mol. The molecule has 0 unspecified atom stereocenters. The molecule has 1 heterocycles. The highest BCUT2D eigenvalue weighted by molar-refractivity contribution is 5.91. The van der Waals surface area contributed by atoms with Crippen LogP contribution in [0.15, 0.2) is 36.5 Å². The summed E-state index contributed by atoms with van der Waals surface area (Å²) in [6.45, 7) is 0. The first kappa shape index (κ1) is 16.2. The Morgan fingerprint density at radius 3 is 2.58 bits per heavy atom. The minimum atomic E-state index is -0.452. The smallest absolute Gasteiger partial charge is 0.269 e. The molecule has 1 aliphatic carbocycles. The Morgan fingerprint density at radius 1 is 1.21 bits per heavy atom. The zero-order chi connectivity index (χ0) is 16.9. The Bertz CT molecular complexity index is 718. The van der Waals surface area contributed by atoms with E-state index in [0.29, 0.717) is 11.9 Å². The van der Waals surface area contributed by atoms with Gasteiger partial charge >= 0.3 is 0 Å². The topological polar surface area (TPSA) is 90.1 Å². The Hall–Kier alpha value is -2.70. The molecule has 0 radical (unpaired) electrons. The molecule has 1 saturated carbocycles. The third-order valence-corrected chi connectivity index (χ3v) is 4.37. The second-order valence-corrected chi connectivity index (χ2v) is 6.10. The van der Waals surface area contributed by atoms with Gasteiger partial charge in [-0.15, -0.1) is 0 Å². The van der Waals surface area contributed by atoms with Crippen LogP contribution in [-0.4, -0.2) is 20.6 Å². The first-order valence-corrected chi connectivity index (χ1v) is 8.20. The molecular formula is C17H20N4O3. The fraction of sp³-hybridized carbons (Fsp3) is 0.412. The molecule has 0 saturated heterocycles. The Morgan fingerprint density at radius 2 is 1.92 bits per heavy atom. The third kappa shape index (κ3) is 3.79. The van der Waals surface area contributed by atoms with Crippen molar-refractivity contribution in [3.63, 3.8) is 0 Å². The molecule has 0 aliphatic heterocycles. The highest BCUT2D eigenvalue weighted by Gasteiger charge is 2.19. The van der Waals surface area contributed by atoms with E-state index in [-0.39, 0.29) is 18.0 Å². The van der Waals surface area contributed by atoms with E-state index in [1.165, 1.54) is 31.4 Å². The molecule has 1 aromatic heterocycles. The minimum Gasteiger partial charge on any atom is -0.311 e. The number of carbonyl (C=O) groups excluding carboxylic acids is 1. The Balaban J connectivity index is 1.63.